The molecule has 0 bridgehead atoms. The number of hydrogen-bond donors (Lipinski definition) is 0. The summed E-state index contributed by atoms with van der Waals surface area (Å²) < 4.78 is 12.9. The Morgan fingerprint density at radius 1 is 1.29 bits per heavy atom. The quantitative estimate of drug-likeness (QED) is 0.742. The minimum Gasteiger partial charge on any atom is -0.295 e. The van der Waals surface area contributed by atoms with Crippen LogP contribution in [0.5, 0.6) is 0 Å². The highest BCUT2D eigenvalue weighted by Crippen LogP contribution is 2.27. The van der Waals surface area contributed by atoms with E-state index in [1.165, 1.54) is 25.0 Å². The van der Waals surface area contributed by atoms with Crippen molar-refractivity contribution < 1.29 is 4.39 Å². The number of halogens is 2. The van der Waals surface area contributed by atoms with Gasteiger partial charge in [-0.2, -0.15) is 0 Å². The second-order valence-electron chi connectivity index (χ2n) is 4.94. The van der Waals surface area contributed by atoms with Crippen LogP contribution in [0.4, 0.5) is 4.39 Å². The fourth-order valence-electron chi connectivity index (χ4n) is 2.42. The minimum atomic E-state index is -0.186. The average molecular weight is 256 g/mol. The van der Waals surface area contributed by atoms with Gasteiger partial charge in [0.2, 0.25) is 0 Å². The van der Waals surface area contributed by atoms with Crippen molar-refractivity contribution in [1.29, 1.82) is 0 Å². The molecule has 1 aliphatic rings. The molecule has 2 rings (SSSR count). The number of piperidine rings is 1. The first-order valence-electron chi connectivity index (χ1n) is 6.26. The van der Waals surface area contributed by atoms with E-state index in [9.17, 15) is 4.39 Å². The standard InChI is InChI=1S/C14H19ClFN/c1-11-6-8-17(9-7-11)14(10-15)12-2-4-13(16)5-3-12/h2-5,11,14H,6-10H2,1H3. The predicted molar refractivity (Wildman–Crippen MR) is 69.8 cm³/mol. The molecule has 1 saturated heterocycles. The number of alkyl halides is 1. The Hall–Kier alpha value is -0.600. The van der Waals surface area contributed by atoms with E-state index >= 15 is 0 Å². The lowest BCUT2D eigenvalue weighted by molar-refractivity contribution is 0.149. The lowest BCUT2D eigenvalue weighted by Gasteiger charge is -2.36. The molecule has 3 heteroatoms. The first-order valence-corrected chi connectivity index (χ1v) is 6.79. The van der Waals surface area contributed by atoms with Gasteiger partial charge in [0.25, 0.3) is 0 Å². The molecular formula is C14H19ClFN. The molecule has 1 aromatic rings. The maximum atomic E-state index is 12.9. The second-order valence-corrected chi connectivity index (χ2v) is 5.25. The molecule has 1 heterocycles. The Balaban J connectivity index is 2.08. The van der Waals surface area contributed by atoms with E-state index in [0.717, 1.165) is 24.6 Å². The molecule has 0 N–H and O–H groups in total. The molecule has 0 aromatic heterocycles. The van der Waals surface area contributed by atoms with Crippen LogP contribution in [0.3, 0.4) is 0 Å². The lowest BCUT2D eigenvalue weighted by atomic mass is 9.96. The van der Waals surface area contributed by atoms with Gasteiger partial charge in [0, 0.05) is 11.9 Å². The summed E-state index contributed by atoms with van der Waals surface area (Å²) in [6, 6.07) is 6.95. The molecule has 0 spiro atoms. The van der Waals surface area contributed by atoms with Gasteiger partial charge in [-0.05, 0) is 49.5 Å². The van der Waals surface area contributed by atoms with Gasteiger partial charge in [-0.1, -0.05) is 19.1 Å². The average Bonchev–Trinajstić information content (AvgIpc) is 2.35. The normalized spacial score (nSPS) is 20.4. The molecular weight excluding hydrogens is 237 g/mol. The zero-order valence-corrected chi connectivity index (χ0v) is 11.0. The van der Waals surface area contributed by atoms with Crippen molar-refractivity contribution in [1.82, 2.24) is 4.90 Å². The van der Waals surface area contributed by atoms with Crippen molar-refractivity contribution in [2.24, 2.45) is 5.92 Å². The summed E-state index contributed by atoms with van der Waals surface area (Å²) in [5.41, 5.74) is 1.12. The third-order valence-electron chi connectivity index (χ3n) is 3.66. The molecule has 17 heavy (non-hydrogen) atoms. The van der Waals surface area contributed by atoms with E-state index in [1.54, 1.807) is 0 Å². The van der Waals surface area contributed by atoms with E-state index in [-0.39, 0.29) is 11.9 Å². The zero-order chi connectivity index (χ0) is 12.3. The summed E-state index contributed by atoms with van der Waals surface area (Å²) >= 11 is 6.08. The van der Waals surface area contributed by atoms with Crippen molar-refractivity contribution in [2.45, 2.75) is 25.8 Å². The van der Waals surface area contributed by atoms with E-state index in [4.69, 9.17) is 11.6 Å². The van der Waals surface area contributed by atoms with E-state index < -0.39 is 0 Å². The van der Waals surface area contributed by atoms with Crippen LogP contribution in [-0.2, 0) is 0 Å². The molecule has 1 aromatic carbocycles. The first kappa shape index (κ1) is 12.8. The number of hydrogen-bond acceptors (Lipinski definition) is 1. The van der Waals surface area contributed by atoms with Crippen LogP contribution < -0.4 is 0 Å². The molecule has 1 nitrogen and oxygen atoms in total. The number of benzene rings is 1. The fraction of sp³-hybridized carbons (Fsp3) is 0.571. The molecule has 1 fully saturated rings. The van der Waals surface area contributed by atoms with Crippen molar-refractivity contribution in [3.63, 3.8) is 0 Å². The van der Waals surface area contributed by atoms with Gasteiger partial charge in [-0.3, -0.25) is 4.90 Å². The van der Waals surface area contributed by atoms with Crippen LogP contribution in [0.1, 0.15) is 31.4 Å². The van der Waals surface area contributed by atoms with Crippen LogP contribution >= 0.6 is 11.6 Å². The summed E-state index contributed by atoms with van der Waals surface area (Å²) in [4.78, 5) is 2.42. The molecule has 0 amide bonds. The second kappa shape index (κ2) is 5.83. The van der Waals surface area contributed by atoms with Gasteiger partial charge >= 0.3 is 0 Å². The highest BCUT2D eigenvalue weighted by molar-refractivity contribution is 6.18. The molecule has 0 saturated carbocycles. The monoisotopic (exact) mass is 255 g/mol. The first-order chi connectivity index (χ1) is 8.20. The zero-order valence-electron chi connectivity index (χ0n) is 10.2. The summed E-state index contributed by atoms with van der Waals surface area (Å²) in [5, 5.41) is 0. The Labute approximate surface area is 108 Å². The fourth-order valence-corrected chi connectivity index (χ4v) is 2.80. The summed E-state index contributed by atoms with van der Waals surface area (Å²) in [7, 11) is 0. The topological polar surface area (TPSA) is 3.24 Å². The molecule has 1 atom stereocenters. The third kappa shape index (κ3) is 3.20. The van der Waals surface area contributed by atoms with E-state index in [0.29, 0.717) is 5.88 Å². The van der Waals surface area contributed by atoms with Gasteiger partial charge in [-0.25, -0.2) is 4.39 Å². The van der Waals surface area contributed by atoms with Crippen LogP contribution in [-0.4, -0.2) is 23.9 Å². The molecule has 0 aliphatic carbocycles. The third-order valence-corrected chi connectivity index (χ3v) is 3.95. The maximum absolute atomic E-state index is 12.9. The molecule has 1 unspecified atom stereocenters. The van der Waals surface area contributed by atoms with E-state index in [2.05, 4.69) is 11.8 Å². The maximum Gasteiger partial charge on any atom is 0.123 e. The molecule has 0 radical (unpaired) electrons. The summed E-state index contributed by atoms with van der Waals surface area (Å²) in [6.45, 7) is 4.48. The van der Waals surface area contributed by atoms with Crippen LogP contribution in [0.25, 0.3) is 0 Å². The van der Waals surface area contributed by atoms with Crippen LogP contribution in [0.2, 0.25) is 0 Å². The number of rotatable bonds is 3. The van der Waals surface area contributed by atoms with Crippen molar-refractivity contribution in [2.75, 3.05) is 19.0 Å². The van der Waals surface area contributed by atoms with Gasteiger partial charge in [0.15, 0.2) is 0 Å². The Morgan fingerprint density at radius 2 is 1.88 bits per heavy atom. The Morgan fingerprint density at radius 3 is 2.41 bits per heavy atom. The van der Waals surface area contributed by atoms with E-state index in [1.807, 2.05) is 12.1 Å². The minimum absolute atomic E-state index is 0.186. The van der Waals surface area contributed by atoms with Gasteiger partial charge in [0.1, 0.15) is 5.82 Å². The van der Waals surface area contributed by atoms with Crippen LogP contribution in [0, 0.1) is 11.7 Å². The van der Waals surface area contributed by atoms with Crippen molar-refractivity contribution in [3.8, 4) is 0 Å². The summed E-state index contributed by atoms with van der Waals surface area (Å²) in [6.07, 6.45) is 2.46. The molecule has 1 aliphatic heterocycles. The summed E-state index contributed by atoms with van der Waals surface area (Å²) in [5.74, 6) is 1.20. The SMILES string of the molecule is CC1CCN(C(CCl)c2ccc(F)cc2)CC1. The highest BCUT2D eigenvalue weighted by Gasteiger charge is 2.23. The van der Waals surface area contributed by atoms with Gasteiger partial charge < -0.3 is 0 Å². The number of nitrogens with zero attached hydrogens (tertiary/aromatic N) is 1. The smallest absolute Gasteiger partial charge is 0.123 e. The Kier molecular flexibility index (Phi) is 4.41. The predicted octanol–water partition coefficient (Wildman–Crippen LogP) is 3.84. The highest BCUT2D eigenvalue weighted by atomic mass is 35.5. The molecule has 94 valence electrons. The lowest BCUT2D eigenvalue weighted by Crippen LogP contribution is -2.37. The van der Waals surface area contributed by atoms with Gasteiger partial charge in [-0.15, -0.1) is 11.6 Å². The van der Waals surface area contributed by atoms with Crippen molar-refractivity contribution in [3.05, 3.63) is 35.6 Å². The Bertz CT molecular complexity index is 344. The largest absolute Gasteiger partial charge is 0.295 e. The number of likely N-dealkylation sites (tertiary alicyclic amines) is 1. The van der Waals surface area contributed by atoms with Crippen LogP contribution in [0.15, 0.2) is 24.3 Å². The van der Waals surface area contributed by atoms with Crippen molar-refractivity contribution >= 4 is 11.6 Å². The van der Waals surface area contributed by atoms with Gasteiger partial charge in [0.05, 0.1) is 0 Å².